The van der Waals surface area contributed by atoms with Gasteiger partial charge in [-0.2, -0.15) is 0 Å². The zero-order valence-corrected chi connectivity index (χ0v) is 12.3. The van der Waals surface area contributed by atoms with Crippen LogP contribution in [0.1, 0.15) is 38.8 Å². The van der Waals surface area contributed by atoms with Gasteiger partial charge in [0.05, 0.1) is 6.04 Å². The van der Waals surface area contributed by atoms with Gasteiger partial charge in [0, 0.05) is 12.3 Å². The molecule has 1 saturated heterocycles. The van der Waals surface area contributed by atoms with E-state index < -0.39 is 0 Å². The van der Waals surface area contributed by atoms with Crippen molar-refractivity contribution in [2.24, 2.45) is 10.4 Å². The highest BCUT2D eigenvalue weighted by Crippen LogP contribution is 2.26. The summed E-state index contributed by atoms with van der Waals surface area (Å²) in [6.45, 7) is 7.69. The summed E-state index contributed by atoms with van der Waals surface area (Å²) in [5, 5.41) is 4.61. The Morgan fingerprint density at radius 3 is 2.67 bits per heavy atom. The lowest BCUT2D eigenvalue weighted by molar-refractivity contribution is 0.385. The van der Waals surface area contributed by atoms with Crippen LogP contribution in [0.25, 0.3) is 0 Å². The molecule has 1 aromatic carbocycles. The fourth-order valence-corrected chi connectivity index (χ4v) is 2.85. The van der Waals surface area contributed by atoms with E-state index in [9.17, 15) is 0 Å². The molecule has 0 aromatic heterocycles. The summed E-state index contributed by atoms with van der Waals surface area (Å²) in [5.41, 5.74) is 1.72. The molecule has 1 aliphatic rings. The first kappa shape index (κ1) is 13.5. The molecule has 2 nitrogen and oxygen atoms in total. The molecule has 1 aromatic rings. The third-order valence-corrected chi connectivity index (χ3v) is 4.02. The predicted molar refractivity (Wildman–Crippen MR) is 81.2 cm³/mol. The average Bonchev–Trinajstić information content (AvgIpc) is 2.77. The maximum atomic E-state index is 4.65. The van der Waals surface area contributed by atoms with Crippen molar-refractivity contribution in [1.82, 2.24) is 5.32 Å². The Morgan fingerprint density at radius 1 is 1.28 bits per heavy atom. The number of benzene rings is 1. The zero-order valence-electron chi connectivity index (χ0n) is 11.4. The number of nitrogens with one attached hydrogen (secondary N) is 1. The molecule has 0 amide bonds. The van der Waals surface area contributed by atoms with Gasteiger partial charge in [-0.25, -0.2) is 0 Å². The molecular formula is C15H22N2S. The van der Waals surface area contributed by atoms with Gasteiger partial charge in [-0.05, 0) is 17.4 Å². The Bertz CT molecular complexity index is 406. The van der Waals surface area contributed by atoms with Crippen molar-refractivity contribution in [3.8, 4) is 0 Å². The van der Waals surface area contributed by atoms with Crippen molar-refractivity contribution < 1.29 is 0 Å². The van der Waals surface area contributed by atoms with E-state index in [4.69, 9.17) is 0 Å². The van der Waals surface area contributed by atoms with Crippen LogP contribution < -0.4 is 5.32 Å². The van der Waals surface area contributed by atoms with Crippen molar-refractivity contribution in [2.45, 2.75) is 33.2 Å². The van der Waals surface area contributed by atoms with Gasteiger partial charge in [-0.3, -0.25) is 4.99 Å². The number of hydrogen-bond acceptors (Lipinski definition) is 2. The number of nitrogens with zero attached hydrogens (tertiary/aromatic N) is 1. The van der Waals surface area contributed by atoms with Crippen LogP contribution in [0.3, 0.4) is 0 Å². The van der Waals surface area contributed by atoms with Crippen LogP contribution in [0.2, 0.25) is 0 Å². The number of hydrogen-bond donors (Lipinski definition) is 1. The second-order valence-corrected chi connectivity index (χ2v) is 6.92. The largest absolute Gasteiger partial charge is 0.357 e. The van der Waals surface area contributed by atoms with Crippen LogP contribution >= 0.6 is 11.8 Å². The third kappa shape index (κ3) is 4.05. The van der Waals surface area contributed by atoms with Crippen molar-refractivity contribution in [2.75, 3.05) is 12.3 Å². The van der Waals surface area contributed by atoms with Crippen LogP contribution in [0, 0.1) is 5.41 Å². The lowest BCUT2D eigenvalue weighted by Gasteiger charge is -2.16. The molecule has 1 atom stereocenters. The molecule has 0 spiro atoms. The standard InChI is InChI=1S/C15H22N2S/c1-15(2,3)9-10-16-14-17-13(11-18-14)12-7-5-4-6-8-12/h4-8,13H,9-11H2,1-3H3,(H,16,17). The van der Waals surface area contributed by atoms with Crippen LogP contribution in [-0.2, 0) is 0 Å². The predicted octanol–water partition coefficient (Wildman–Crippen LogP) is 3.86. The fourth-order valence-electron chi connectivity index (χ4n) is 1.84. The summed E-state index contributed by atoms with van der Waals surface area (Å²) in [6, 6.07) is 11.0. The van der Waals surface area contributed by atoms with Crippen molar-refractivity contribution in [3.63, 3.8) is 0 Å². The van der Waals surface area contributed by atoms with Gasteiger partial charge < -0.3 is 5.32 Å². The molecule has 1 aliphatic heterocycles. The first-order valence-corrected chi connectivity index (χ1v) is 7.52. The Hall–Kier alpha value is -0.960. The average molecular weight is 262 g/mol. The van der Waals surface area contributed by atoms with E-state index >= 15 is 0 Å². The summed E-state index contributed by atoms with van der Waals surface area (Å²) < 4.78 is 0. The summed E-state index contributed by atoms with van der Waals surface area (Å²) in [7, 11) is 0. The maximum absolute atomic E-state index is 4.65. The Labute approximate surface area is 114 Å². The molecular weight excluding hydrogens is 240 g/mol. The molecule has 0 saturated carbocycles. The second kappa shape index (κ2) is 5.79. The van der Waals surface area contributed by atoms with Gasteiger partial charge in [0.1, 0.15) is 0 Å². The molecule has 1 heterocycles. The van der Waals surface area contributed by atoms with Crippen LogP contribution in [0.15, 0.2) is 35.3 Å². The molecule has 0 aliphatic carbocycles. The minimum Gasteiger partial charge on any atom is -0.357 e. The smallest absolute Gasteiger partial charge is 0.157 e. The molecule has 1 fully saturated rings. The monoisotopic (exact) mass is 262 g/mol. The van der Waals surface area contributed by atoms with Gasteiger partial charge >= 0.3 is 0 Å². The third-order valence-electron chi connectivity index (χ3n) is 3.00. The highest BCUT2D eigenvalue weighted by Gasteiger charge is 2.21. The molecule has 1 N–H and O–H groups in total. The lowest BCUT2D eigenvalue weighted by Crippen LogP contribution is -2.19. The molecule has 18 heavy (non-hydrogen) atoms. The minimum absolute atomic E-state index is 0.367. The molecule has 2 rings (SSSR count). The van der Waals surface area contributed by atoms with Crippen molar-refractivity contribution in [3.05, 3.63) is 35.9 Å². The van der Waals surface area contributed by atoms with Gasteiger partial charge in [-0.15, -0.1) is 0 Å². The minimum atomic E-state index is 0.367. The molecule has 0 radical (unpaired) electrons. The number of amidine groups is 1. The summed E-state index contributed by atoms with van der Waals surface area (Å²) >= 11 is 1.83. The summed E-state index contributed by atoms with van der Waals surface area (Å²) in [5.74, 6) is 1.08. The quantitative estimate of drug-likeness (QED) is 0.894. The highest BCUT2D eigenvalue weighted by molar-refractivity contribution is 8.14. The van der Waals surface area contributed by atoms with Gasteiger partial charge in [0.25, 0.3) is 0 Å². The zero-order chi connectivity index (χ0) is 13.0. The first-order chi connectivity index (χ1) is 8.54. The molecule has 98 valence electrons. The summed E-state index contributed by atoms with van der Waals surface area (Å²) in [6.07, 6.45) is 1.13. The lowest BCUT2D eigenvalue weighted by atomic mass is 9.93. The van der Waals surface area contributed by atoms with Gasteiger partial charge in [0.2, 0.25) is 0 Å². The SMILES string of the molecule is CC(C)(C)CCN=C1NC(c2ccccc2)CS1. The van der Waals surface area contributed by atoms with Gasteiger partial charge in [-0.1, -0.05) is 62.9 Å². The summed E-state index contributed by atoms with van der Waals surface area (Å²) in [4.78, 5) is 4.65. The first-order valence-electron chi connectivity index (χ1n) is 6.53. The van der Waals surface area contributed by atoms with E-state index in [0.717, 1.165) is 23.9 Å². The Morgan fingerprint density at radius 2 is 2.00 bits per heavy atom. The van der Waals surface area contributed by atoms with Crippen LogP contribution in [-0.4, -0.2) is 17.5 Å². The molecule has 1 unspecified atom stereocenters. The normalized spacial score (nSPS) is 22.2. The van der Waals surface area contributed by atoms with Crippen LogP contribution in [0.4, 0.5) is 0 Å². The Kier molecular flexibility index (Phi) is 4.33. The number of thioether (sulfide) groups is 1. The molecule has 3 heteroatoms. The highest BCUT2D eigenvalue weighted by atomic mass is 32.2. The number of aliphatic imine (C=N–C) groups is 1. The maximum Gasteiger partial charge on any atom is 0.157 e. The second-order valence-electron chi connectivity index (χ2n) is 5.92. The van der Waals surface area contributed by atoms with E-state index in [0.29, 0.717) is 11.5 Å². The van der Waals surface area contributed by atoms with E-state index in [2.05, 4.69) is 61.4 Å². The van der Waals surface area contributed by atoms with Crippen LogP contribution in [0.5, 0.6) is 0 Å². The van der Waals surface area contributed by atoms with E-state index in [-0.39, 0.29) is 0 Å². The van der Waals surface area contributed by atoms with E-state index in [1.165, 1.54) is 5.56 Å². The molecule has 0 bridgehead atoms. The van der Waals surface area contributed by atoms with Crippen molar-refractivity contribution in [1.29, 1.82) is 0 Å². The van der Waals surface area contributed by atoms with Crippen molar-refractivity contribution >= 4 is 16.9 Å². The fraction of sp³-hybridized carbons (Fsp3) is 0.533. The van der Waals surface area contributed by atoms with E-state index in [1.807, 2.05) is 11.8 Å². The van der Waals surface area contributed by atoms with E-state index in [1.54, 1.807) is 0 Å². The topological polar surface area (TPSA) is 24.4 Å². The van der Waals surface area contributed by atoms with Gasteiger partial charge in [0.15, 0.2) is 5.17 Å². The number of rotatable bonds is 3. The Balaban J connectivity index is 1.87.